The fraction of sp³-hybridized carbons (Fsp3) is 0.286. The number of rotatable bonds is 5. The van der Waals surface area contributed by atoms with Crippen molar-refractivity contribution >= 4 is 17.9 Å². The highest BCUT2D eigenvalue weighted by molar-refractivity contribution is 5.97. The summed E-state index contributed by atoms with van der Waals surface area (Å²) < 4.78 is 9.98. The van der Waals surface area contributed by atoms with Gasteiger partial charge in [-0.2, -0.15) is 5.26 Å². The molecule has 0 aliphatic carbocycles. The van der Waals surface area contributed by atoms with Gasteiger partial charge < -0.3 is 14.8 Å². The van der Waals surface area contributed by atoms with E-state index in [-0.39, 0.29) is 11.3 Å². The molecule has 1 atom stereocenters. The molecule has 1 aromatic rings. The number of carbonyl (C=O) groups excluding carboxylic acids is 3. The Balaban J connectivity index is 2.48. The average molecular weight is 305 g/mol. The summed E-state index contributed by atoms with van der Waals surface area (Å²) in [5, 5.41) is 13.0. The molecular formula is C14H15N3O5. The first-order valence-corrected chi connectivity index (χ1v) is 6.32. The van der Waals surface area contributed by atoms with Gasteiger partial charge in [0.25, 0.3) is 5.91 Å². The summed E-state index contributed by atoms with van der Waals surface area (Å²) in [7, 11) is 1.35. The quantitative estimate of drug-likeness (QED) is 0.757. The number of urea groups is 1. The van der Waals surface area contributed by atoms with Gasteiger partial charge in [0.2, 0.25) is 0 Å². The van der Waals surface area contributed by atoms with Crippen molar-refractivity contribution in [3.8, 4) is 11.8 Å². The topological polar surface area (TPSA) is 118 Å². The van der Waals surface area contributed by atoms with Crippen LogP contribution in [-0.4, -0.2) is 37.7 Å². The summed E-state index contributed by atoms with van der Waals surface area (Å²) in [5.74, 6) is -1.32. The number of esters is 1. The Hall–Kier alpha value is -3.08. The van der Waals surface area contributed by atoms with Crippen LogP contribution in [0.2, 0.25) is 0 Å². The van der Waals surface area contributed by atoms with Gasteiger partial charge >= 0.3 is 12.0 Å². The average Bonchev–Trinajstić information content (AvgIpc) is 2.52. The number of ether oxygens (including phenoxy) is 2. The van der Waals surface area contributed by atoms with Crippen molar-refractivity contribution in [3.63, 3.8) is 0 Å². The van der Waals surface area contributed by atoms with Gasteiger partial charge in [-0.15, -0.1) is 0 Å². The number of nitriles is 1. The van der Waals surface area contributed by atoms with E-state index in [1.165, 1.54) is 20.0 Å². The van der Waals surface area contributed by atoms with Crippen LogP contribution in [0.15, 0.2) is 24.3 Å². The number of carbonyl (C=O) groups is 3. The molecule has 0 fully saturated rings. The first-order valence-electron chi connectivity index (χ1n) is 6.32. The van der Waals surface area contributed by atoms with Gasteiger partial charge in [0.15, 0.2) is 12.7 Å². The molecule has 2 N–H and O–H groups in total. The number of nitrogens with zero attached hydrogens (tertiary/aromatic N) is 1. The molecule has 0 aliphatic rings. The summed E-state index contributed by atoms with van der Waals surface area (Å²) in [6.45, 7) is 0.857. The molecule has 8 heteroatoms. The second kappa shape index (κ2) is 8.26. The Morgan fingerprint density at radius 3 is 2.64 bits per heavy atom. The van der Waals surface area contributed by atoms with E-state index in [0.717, 1.165) is 0 Å². The summed E-state index contributed by atoms with van der Waals surface area (Å²) in [5.41, 5.74) is 0.278. The minimum atomic E-state index is -1.15. The van der Waals surface area contributed by atoms with E-state index in [2.05, 4.69) is 5.32 Å². The summed E-state index contributed by atoms with van der Waals surface area (Å²) >= 11 is 0. The smallest absolute Gasteiger partial charge is 0.344 e. The normalized spacial score (nSPS) is 10.8. The third-order valence-electron chi connectivity index (χ3n) is 2.49. The Labute approximate surface area is 127 Å². The molecule has 0 aliphatic heterocycles. The van der Waals surface area contributed by atoms with Gasteiger partial charge in [0, 0.05) is 7.05 Å². The first kappa shape index (κ1) is 17.0. The lowest BCUT2D eigenvalue weighted by atomic mass is 10.2. The van der Waals surface area contributed by atoms with Gasteiger partial charge in [0.05, 0.1) is 5.56 Å². The number of hydrogen-bond donors (Lipinski definition) is 2. The fourth-order valence-corrected chi connectivity index (χ4v) is 1.38. The zero-order valence-electron chi connectivity index (χ0n) is 12.1. The number of benzene rings is 1. The SMILES string of the molecule is CNC(=O)NC(=O)[C@H](C)OC(=O)COc1ccccc1C#N. The second-order valence-electron chi connectivity index (χ2n) is 4.10. The van der Waals surface area contributed by atoms with Crippen LogP contribution >= 0.6 is 0 Å². The first-order chi connectivity index (χ1) is 10.5. The van der Waals surface area contributed by atoms with Crippen LogP contribution in [0.4, 0.5) is 4.79 Å². The van der Waals surface area contributed by atoms with Gasteiger partial charge in [-0.3, -0.25) is 10.1 Å². The molecule has 0 saturated heterocycles. The highest BCUT2D eigenvalue weighted by atomic mass is 16.6. The molecule has 0 unspecified atom stereocenters. The van der Waals surface area contributed by atoms with Crippen molar-refractivity contribution in [1.29, 1.82) is 5.26 Å². The lowest BCUT2D eigenvalue weighted by Gasteiger charge is -2.13. The van der Waals surface area contributed by atoms with Crippen LogP contribution in [-0.2, 0) is 14.3 Å². The molecule has 0 spiro atoms. The molecule has 1 rings (SSSR count). The van der Waals surface area contributed by atoms with Crippen LogP contribution < -0.4 is 15.4 Å². The monoisotopic (exact) mass is 305 g/mol. The number of imide groups is 1. The fourth-order valence-electron chi connectivity index (χ4n) is 1.38. The predicted octanol–water partition coefficient (Wildman–Crippen LogP) is 0.324. The van der Waals surface area contributed by atoms with Gasteiger partial charge in [-0.05, 0) is 19.1 Å². The third-order valence-corrected chi connectivity index (χ3v) is 2.49. The molecule has 8 nitrogen and oxygen atoms in total. The third kappa shape index (κ3) is 5.13. The number of amides is 3. The molecule has 0 bridgehead atoms. The minimum Gasteiger partial charge on any atom is -0.481 e. The Morgan fingerprint density at radius 1 is 1.32 bits per heavy atom. The number of nitrogens with one attached hydrogen (secondary N) is 2. The van der Waals surface area contributed by atoms with Crippen LogP contribution in [0, 0.1) is 11.3 Å². The predicted molar refractivity (Wildman–Crippen MR) is 74.8 cm³/mol. The molecule has 0 heterocycles. The number of para-hydroxylation sites is 1. The molecule has 0 radical (unpaired) electrons. The minimum absolute atomic E-state index is 0.240. The Kier molecular flexibility index (Phi) is 6.37. The van der Waals surface area contributed by atoms with Crippen molar-refractivity contribution in [2.24, 2.45) is 0 Å². The van der Waals surface area contributed by atoms with Gasteiger partial charge in [-0.25, -0.2) is 9.59 Å². The van der Waals surface area contributed by atoms with Crippen LogP contribution in [0.5, 0.6) is 5.75 Å². The zero-order chi connectivity index (χ0) is 16.5. The summed E-state index contributed by atoms with van der Waals surface area (Å²) in [6.07, 6.45) is -1.15. The van der Waals surface area contributed by atoms with Crippen molar-refractivity contribution < 1.29 is 23.9 Å². The van der Waals surface area contributed by atoms with Gasteiger partial charge in [0.1, 0.15) is 11.8 Å². The van der Waals surface area contributed by atoms with Crippen molar-refractivity contribution in [2.75, 3.05) is 13.7 Å². The molecule has 116 valence electrons. The lowest BCUT2D eigenvalue weighted by molar-refractivity contribution is -0.156. The Bertz CT molecular complexity index is 609. The molecule has 1 aromatic carbocycles. The standard InChI is InChI=1S/C14H15N3O5/c1-9(13(19)17-14(20)16-2)22-12(18)8-21-11-6-4-3-5-10(11)7-15/h3-6,9H,8H2,1-2H3,(H2,16,17,19,20)/t9-/m0/s1. The molecule has 3 amide bonds. The number of hydrogen-bond acceptors (Lipinski definition) is 6. The van der Waals surface area contributed by atoms with E-state index in [1.54, 1.807) is 18.2 Å². The molecule has 22 heavy (non-hydrogen) atoms. The largest absolute Gasteiger partial charge is 0.481 e. The molecular weight excluding hydrogens is 290 g/mol. The van der Waals surface area contributed by atoms with Crippen LogP contribution in [0.25, 0.3) is 0 Å². The van der Waals surface area contributed by atoms with E-state index in [4.69, 9.17) is 14.7 Å². The van der Waals surface area contributed by atoms with Gasteiger partial charge in [-0.1, -0.05) is 12.1 Å². The van der Waals surface area contributed by atoms with E-state index in [9.17, 15) is 14.4 Å². The van der Waals surface area contributed by atoms with Crippen molar-refractivity contribution in [1.82, 2.24) is 10.6 Å². The maximum Gasteiger partial charge on any atom is 0.344 e. The lowest BCUT2D eigenvalue weighted by Crippen LogP contribution is -2.43. The van der Waals surface area contributed by atoms with Crippen LogP contribution in [0.1, 0.15) is 12.5 Å². The van der Waals surface area contributed by atoms with E-state index in [0.29, 0.717) is 0 Å². The van der Waals surface area contributed by atoms with Crippen LogP contribution in [0.3, 0.4) is 0 Å². The Morgan fingerprint density at radius 2 is 2.00 bits per heavy atom. The highest BCUT2D eigenvalue weighted by Gasteiger charge is 2.20. The van der Waals surface area contributed by atoms with E-state index >= 15 is 0 Å². The van der Waals surface area contributed by atoms with Crippen molar-refractivity contribution in [3.05, 3.63) is 29.8 Å². The zero-order valence-corrected chi connectivity index (χ0v) is 12.1. The summed E-state index contributed by atoms with van der Waals surface area (Å²) in [6, 6.07) is 7.61. The van der Waals surface area contributed by atoms with E-state index in [1.807, 2.05) is 11.4 Å². The highest BCUT2D eigenvalue weighted by Crippen LogP contribution is 2.16. The summed E-state index contributed by atoms with van der Waals surface area (Å²) in [4.78, 5) is 34.0. The van der Waals surface area contributed by atoms with E-state index < -0.39 is 30.6 Å². The second-order valence-corrected chi connectivity index (χ2v) is 4.10. The maximum absolute atomic E-state index is 11.6. The molecule has 0 aromatic heterocycles. The maximum atomic E-state index is 11.6. The van der Waals surface area contributed by atoms with Crippen molar-refractivity contribution in [2.45, 2.75) is 13.0 Å². The molecule has 0 saturated carbocycles.